The summed E-state index contributed by atoms with van der Waals surface area (Å²) in [6, 6.07) is 12.1. The molecule has 3 amide bonds. The topological polar surface area (TPSA) is 52.7 Å². The van der Waals surface area contributed by atoms with Crippen LogP contribution in [0, 0.1) is 6.92 Å². The smallest absolute Gasteiger partial charge is 0.324 e. The number of hydrogen-bond donors (Lipinski definition) is 1. The first-order valence-corrected chi connectivity index (χ1v) is 10.9. The standard InChI is InChI=1S/C22H22F3N3O2S/c1-15-6-8-16(9-7-15)28-19(29)14-31-21(28)10-12-27(13-11-21)20(30)26-18-5-3-2-4-17(18)22(23,24)25/h2-9H,10-14H2,1H3,(H,26,30). The van der Waals surface area contributed by atoms with Gasteiger partial charge in [-0.25, -0.2) is 4.79 Å². The summed E-state index contributed by atoms with van der Waals surface area (Å²) in [7, 11) is 0. The molecule has 2 aliphatic heterocycles. The van der Waals surface area contributed by atoms with Crippen LogP contribution in [0.15, 0.2) is 48.5 Å². The SMILES string of the molecule is Cc1ccc(N2C(=O)CSC23CCN(C(=O)Nc2ccccc2C(F)(F)F)CC3)cc1. The van der Waals surface area contributed by atoms with Crippen LogP contribution in [0.5, 0.6) is 0 Å². The van der Waals surface area contributed by atoms with Crippen molar-refractivity contribution in [2.45, 2.75) is 30.8 Å². The summed E-state index contributed by atoms with van der Waals surface area (Å²) in [5, 5.41) is 2.40. The molecule has 0 unspecified atom stereocenters. The number of nitrogens with one attached hydrogen (secondary N) is 1. The molecule has 2 aromatic rings. The van der Waals surface area contributed by atoms with E-state index in [9.17, 15) is 22.8 Å². The van der Waals surface area contributed by atoms with Crippen LogP contribution in [0.2, 0.25) is 0 Å². The number of aryl methyl sites for hydroxylation is 1. The largest absolute Gasteiger partial charge is 0.418 e. The summed E-state index contributed by atoms with van der Waals surface area (Å²) in [6.07, 6.45) is -3.46. The third-order valence-corrected chi connectivity index (χ3v) is 7.24. The molecular weight excluding hydrogens is 427 g/mol. The lowest BCUT2D eigenvalue weighted by molar-refractivity contribution is -0.136. The van der Waals surface area contributed by atoms with Crippen LogP contribution in [0.25, 0.3) is 0 Å². The van der Waals surface area contributed by atoms with E-state index >= 15 is 0 Å². The van der Waals surface area contributed by atoms with E-state index in [0.29, 0.717) is 31.7 Å². The van der Waals surface area contributed by atoms with Gasteiger partial charge in [0, 0.05) is 18.8 Å². The average Bonchev–Trinajstić information content (AvgIpc) is 3.04. The molecule has 0 radical (unpaired) electrons. The molecule has 1 spiro atoms. The Balaban J connectivity index is 1.46. The Bertz CT molecular complexity index is 986. The number of benzene rings is 2. The first-order valence-electron chi connectivity index (χ1n) is 9.95. The zero-order chi connectivity index (χ0) is 22.2. The Hall–Kier alpha value is -2.68. The lowest BCUT2D eigenvalue weighted by Crippen LogP contribution is -2.53. The third kappa shape index (κ3) is 4.23. The molecule has 31 heavy (non-hydrogen) atoms. The van der Waals surface area contributed by atoms with Crippen LogP contribution < -0.4 is 10.2 Å². The number of hydrogen-bond acceptors (Lipinski definition) is 3. The maximum Gasteiger partial charge on any atom is 0.418 e. The maximum absolute atomic E-state index is 13.2. The number of rotatable bonds is 2. The summed E-state index contributed by atoms with van der Waals surface area (Å²) in [6.45, 7) is 2.68. The zero-order valence-electron chi connectivity index (χ0n) is 16.9. The molecule has 5 nitrogen and oxygen atoms in total. The highest BCUT2D eigenvalue weighted by atomic mass is 32.2. The Morgan fingerprint density at radius 2 is 1.71 bits per heavy atom. The lowest BCUT2D eigenvalue weighted by Gasteiger charge is -2.44. The zero-order valence-corrected chi connectivity index (χ0v) is 17.7. The van der Waals surface area contributed by atoms with Gasteiger partial charge in [-0.2, -0.15) is 13.2 Å². The Morgan fingerprint density at radius 3 is 2.35 bits per heavy atom. The number of carbonyl (C=O) groups excluding carboxylic acids is 2. The predicted octanol–water partition coefficient (Wildman–Crippen LogP) is 5.12. The number of urea groups is 1. The molecule has 0 aliphatic carbocycles. The fraction of sp³-hybridized carbons (Fsp3) is 0.364. The van der Waals surface area contributed by atoms with Gasteiger partial charge >= 0.3 is 12.2 Å². The van der Waals surface area contributed by atoms with Crippen molar-refractivity contribution in [1.82, 2.24) is 4.90 Å². The van der Waals surface area contributed by atoms with Crippen molar-refractivity contribution in [3.05, 3.63) is 59.7 Å². The van der Waals surface area contributed by atoms with Crippen molar-refractivity contribution < 1.29 is 22.8 Å². The Kier molecular flexibility index (Phi) is 5.63. The van der Waals surface area contributed by atoms with Crippen molar-refractivity contribution in [3.63, 3.8) is 0 Å². The molecule has 2 saturated heterocycles. The molecule has 2 fully saturated rings. The van der Waals surface area contributed by atoms with Crippen molar-refractivity contribution in [1.29, 1.82) is 0 Å². The molecule has 164 valence electrons. The Morgan fingerprint density at radius 1 is 1.06 bits per heavy atom. The Labute approximate surface area is 182 Å². The van der Waals surface area contributed by atoms with Crippen molar-refractivity contribution in [2.75, 3.05) is 29.1 Å². The molecule has 9 heteroatoms. The van der Waals surface area contributed by atoms with Gasteiger partial charge in [0.25, 0.3) is 0 Å². The fourth-order valence-corrected chi connectivity index (χ4v) is 5.42. The molecule has 0 saturated carbocycles. The second kappa shape index (κ2) is 8.11. The van der Waals surface area contributed by atoms with Gasteiger partial charge in [-0.1, -0.05) is 29.8 Å². The summed E-state index contributed by atoms with van der Waals surface area (Å²) < 4.78 is 39.6. The highest BCUT2D eigenvalue weighted by molar-refractivity contribution is 8.02. The second-order valence-corrected chi connectivity index (χ2v) is 9.10. The first kappa shape index (κ1) is 21.5. The summed E-state index contributed by atoms with van der Waals surface area (Å²) >= 11 is 1.57. The number of thioether (sulfide) groups is 1. The minimum Gasteiger partial charge on any atom is -0.324 e. The van der Waals surface area contributed by atoms with Gasteiger partial charge in [-0.05, 0) is 44.0 Å². The summed E-state index contributed by atoms with van der Waals surface area (Å²) in [5.74, 6) is 0.407. The van der Waals surface area contributed by atoms with Crippen LogP contribution in [0.3, 0.4) is 0 Å². The molecule has 0 bridgehead atoms. The lowest BCUT2D eigenvalue weighted by atomic mass is 10.0. The van der Waals surface area contributed by atoms with Gasteiger partial charge in [-0.15, -0.1) is 11.8 Å². The van der Waals surface area contributed by atoms with Gasteiger partial charge in [-0.3, -0.25) is 9.69 Å². The molecule has 2 heterocycles. The van der Waals surface area contributed by atoms with Crippen molar-refractivity contribution >= 4 is 35.1 Å². The van der Waals surface area contributed by atoms with Crippen LogP contribution in [0.4, 0.5) is 29.3 Å². The summed E-state index contributed by atoms with van der Waals surface area (Å²) in [4.78, 5) is 28.2. The monoisotopic (exact) mass is 449 g/mol. The predicted molar refractivity (Wildman–Crippen MR) is 115 cm³/mol. The van der Waals surface area contributed by atoms with Gasteiger partial charge in [0.15, 0.2) is 0 Å². The number of nitrogens with zero attached hydrogens (tertiary/aromatic N) is 2. The number of halogens is 3. The van der Waals surface area contributed by atoms with E-state index in [4.69, 9.17) is 0 Å². The molecule has 0 aromatic heterocycles. The highest BCUT2D eigenvalue weighted by Gasteiger charge is 2.49. The van der Waals surface area contributed by atoms with E-state index in [1.165, 1.54) is 23.1 Å². The van der Waals surface area contributed by atoms with E-state index in [1.807, 2.05) is 36.1 Å². The quantitative estimate of drug-likeness (QED) is 0.693. The normalized spacial score (nSPS) is 18.5. The van der Waals surface area contributed by atoms with Crippen LogP contribution in [0.1, 0.15) is 24.0 Å². The highest BCUT2D eigenvalue weighted by Crippen LogP contribution is 2.47. The third-order valence-electron chi connectivity index (χ3n) is 5.72. The van der Waals surface area contributed by atoms with E-state index in [2.05, 4.69) is 5.32 Å². The molecular formula is C22H22F3N3O2S. The van der Waals surface area contributed by atoms with E-state index in [-0.39, 0.29) is 11.6 Å². The van der Waals surface area contributed by atoms with Gasteiger partial charge in [0.2, 0.25) is 5.91 Å². The number of carbonyl (C=O) groups is 2. The van der Waals surface area contributed by atoms with E-state index in [0.717, 1.165) is 17.3 Å². The number of piperidine rings is 1. The van der Waals surface area contributed by atoms with Crippen LogP contribution >= 0.6 is 11.8 Å². The molecule has 4 rings (SSSR count). The fourth-order valence-electron chi connectivity index (χ4n) is 4.09. The second-order valence-electron chi connectivity index (χ2n) is 7.76. The minimum absolute atomic E-state index is 0.0332. The molecule has 2 aliphatic rings. The van der Waals surface area contributed by atoms with Gasteiger partial charge in [0.05, 0.1) is 21.9 Å². The van der Waals surface area contributed by atoms with Crippen LogP contribution in [-0.4, -0.2) is 40.6 Å². The molecule has 1 N–H and O–H groups in total. The van der Waals surface area contributed by atoms with E-state index < -0.39 is 22.6 Å². The number of likely N-dealkylation sites (tertiary alicyclic amines) is 1. The first-order chi connectivity index (χ1) is 14.7. The van der Waals surface area contributed by atoms with Crippen molar-refractivity contribution in [3.8, 4) is 0 Å². The average molecular weight is 449 g/mol. The van der Waals surface area contributed by atoms with Gasteiger partial charge < -0.3 is 10.2 Å². The number of amides is 3. The maximum atomic E-state index is 13.2. The minimum atomic E-state index is -4.55. The van der Waals surface area contributed by atoms with Gasteiger partial charge in [0.1, 0.15) is 0 Å². The molecule has 0 atom stereocenters. The van der Waals surface area contributed by atoms with E-state index in [1.54, 1.807) is 11.8 Å². The number of para-hydroxylation sites is 1. The van der Waals surface area contributed by atoms with Crippen molar-refractivity contribution in [2.24, 2.45) is 0 Å². The molecule has 2 aromatic carbocycles. The summed E-state index contributed by atoms with van der Waals surface area (Å²) in [5.41, 5.74) is 0.798. The van der Waals surface area contributed by atoms with Crippen LogP contribution in [-0.2, 0) is 11.0 Å². The number of alkyl halides is 3. The number of anilines is 2.